The van der Waals surface area contributed by atoms with E-state index in [9.17, 15) is 14.4 Å². The Bertz CT molecular complexity index is 1610. The number of aromatic nitrogens is 2. The third-order valence-corrected chi connectivity index (χ3v) is 7.56. The summed E-state index contributed by atoms with van der Waals surface area (Å²) in [6.45, 7) is 5.75. The Balaban J connectivity index is 1.69. The van der Waals surface area contributed by atoms with Crippen LogP contribution in [0.3, 0.4) is 0 Å². The van der Waals surface area contributed by atoms with Crippen LogP contribution in [0.15, 0.2) is 66.9 Å². The first-order valence-electron chi connectivity index (χ1n) is 13.9. The molecule has 0 fully saturated rings. The van der Waals surface area contributed by atoms with Gasteiger partial charge in [0.25, 0.3) is 0 Å². The molecule has 2 unspecified atom stereocenters. The van der Waals surface area contributed by atoms with Gasteiger partial charge in [-0.3, -0.25) is 9.59 Å². The van der Waals surface area contributed by atoms with Crippen molar-refractivity contribution in [2.45, 2.75) is 45.8 Å². The maximum atomic E-state index is 14.1. The van der Waals surface area contributed by atoms with E-state index in [1.54, 1.807) is 41.4 Å². The molecule has 2 amide bonds. The number of benzene rings is 3. The lowest BCUT2D eigenvalue weighted by Gasteiger charge is -2.31. The van der Waals surface area contributed by atoms with Crippen molar-refractivity contribution in [3.8, 4) is 17.0 Å². The fourth-order valence-corrected chi connectivity index (χ4v) is 5.16. The highest BCUT2D eigenvalue weighted by molar-refractivity contribution is 5.93. The lowest BCUT2D eigenvalue weighted by molar-refractivity contribution is -0.135. The molecule has 0 bridgehead atoms. The van der Waals surface area contributed by atoms with Gasteiger partial charge < -0.3 is 30.8 Å². The highest BCUT2D eigenvalue weighted by atomic mass is 16.5. The Kier molecular flexibility index (Phi) is 9.62. The molecule has 0 aliphatic heterocycles. The van der Waals surface area contributed by atoms with Gasteiger partial charge in [-0.2, -0.15) is 0 Å². The number of hydrogen-bond acceptors (Lipinski definition) is 7. The van der Waals surface area contributed by atoms with Crippen molar-refractivity contribution in [3.63, 3.8) is 0 Å². The summed E-state index contributed by atoms with van der Waals surface area (Å²) in [6, 6.07) is 16.9. The quantitative estimate of drug-likeness (QED) is 0.223. The van der Waals surface area contributed by atoms with Crippen LogP contribution in [-0.4, -0.2) is 52.9 Å². The van der Waals surface area contributed by atoms with Gasteiger partial charge in [0.15, 0.2) is 0 Å². The first-order valence-corrected chi connectivity index (χ1v) is 13.9. The van der Waals surface area contributed by atoms with Crippen LogP contribution in [0.1, 0.15) is 61.8 Å². The van der Waals surface area contributed by atoms with Crippen molar-refractivity contribution >= 4 is 17.8 Å². The molecule has 3 aromatic carbocycles. The van der Waals surface area contributed by atoms with Gasteiger partial charge in [-0.15, -0.1) is 0 Å². The molecule has 10 nitrogen and oxygen atoms in total. The fourth-order valence-electron chi connectivity index (χ4n) is 5.16. The van der Waals surface area contributed by atoms with Crippen LogP contribution in [0.4, 0.5) is 0 Å². The molecule has 43 heavy (non-hydrogen) atoms. The number of rotatable bonds is 11. The van der Waals surface area contributed by atoms with Crippen LogP contribution in [-0.2, 0) is 22.5 Å². The van der Waals surface area contributed by atoms with E-state index >= 15 is 0 Å². The summed E-state index contributed by atoms with van der Waals surface area (Å²) in [7, 11) is 2.77. The molecule has 0 saturated heterocycles. The van der Waals surface area contributed by atoms with Crippen LogP contribution < -0.4 is 16.2 Å². The van der Waals surface area contributed by atoms with Crippen molar-refractivity contribution in [1.82, 2.24) is 14.9 Å². The van der Waals surface area contributed by atoms with Gasteiger partial charge in [-0.1, -0.05) is 36.4 Å². The van der Waals surface area contributed by atoms with Gasteiger partial charge in [0.2, 0.25) is 11.8 Å². The second kappa shape index (κ2) is 13.3. The number of nitrogens with two attached hydrogens (primary N) is 2. The Morgan fingerprint density at radius 3 is 2.28 bits per heavy atom. The van der Waals surface area contributed by atoms with Gasteiger partial charge in [-0.05, 0) is 73.7 Å². The number of aryl methyl sites for hydroxylation is 2. The number of esters is 1. The average molecular weight is 584 g/mol. The summed E-state index contributed by atoms with van der Waals surface area (Å²) >= 11 is 0. The highest BCUT2D eigenvalue weighted by Crippen LogP contribution is 2.28. The molecule has 0 aliphatic carbocycles. The topological polar surface area (TPSA) is 154 Å². The van der Waals surface area contributed by atoms with Crippen LogP contribution >= 0.6 is 0 Å². The first-order chi connectivity index (χ1) is 20.5. The molecule has 10 heteroatoms. The van der Waals surface area contributed by atoms with Crippen LogP contribution in [0, 0.1) is 13.8 Å². The summed E-state index contributed by atoms with van der Waals surface area (Å²) in [4.78, 5) is 47.9. The second-order valence-electron chi connectivity index (χ2n) is 10.5. The monoisotopic (exact) mass is 583 g/mol. The van der Waals surface area contributed by atoms with Crippen LogP contribution in [0.25, 0.3) is 11.3 Å². The van der Waals surface area contributed by atoms with Gasteiger partial charge in [0.1, 0.15) is 17.1 Å². The summed E-state index contributed by atoms with van der Waals surface area (Å²) in [5.41, 5.74) is 17.6. The smallest absolute Gasteiger partial charge is 0.341 e. The normalized spacial score (nSPS) is 12.3. The van der Waals surface area contributed by atoms with E-state index in [0.717, 1.165) is 27.9 Å². The summed E-state index contributed by atoms with van der Waals surface area (Å²) in [5.74, 6) is -0.428. The van der Waals surface area contributed by atoms with E-state index < -0.39 is 24.0 Å². The molecule has 0 spiro atoms. The Morgan fingerprint density at radius 2 is 1.67 bits per heavy atom. The molecule has 1 heterocycles. The largest absolute Gasteiger partial charge is 0.496 e. The van der Waals surface area contributed by atoms with Gasteiger partial charge >= 0.3 is 5.97 Å². The molecule has 0 aliphatic rings. The maximum absolute atomic E-state index is 14.1. The fraction of sp³-hybridized carbons (Fsp3) is 0.273. The van der Waals surface area contributed by atoms with Gasteiger partial charge in [-0.25, -0.2) is 9.78 Å². The van der Waals surface area contributed by atoms with E-state index in [0.29, 0.717) is 22.7 Å². The molecule has 4 rings (SSSR count). The predicted molar refractivity (Wildman–Crippen MR) is 163 cm³/mol. The zero-order valence-electron chi connectivity index (χ0n) is 25.0. The Labute approximate surface area is 251 Å². The van der Waals surface area contributed by atoms with Crippen LogP contribution in [0.2, 0.25) is 0 Å². The summed E-state index contributed by atoms with van der Waals surface area (Å²) in [6.07, 6.45) is 2.06. The number of H-pyrrole nitrogens is 1. The number of nitrogens with zero attached hydrogens (tertiary/aromatic N) is 2. The molecule has 2 atom stereocenters. The van der Waals surface area contributed by atoms with Crippen LogP contribution in [0.5, 0.6) is 5.75 Å². The molecule has 4 aromatic rings. The number of nitrogens with one attached hydrogen (secondary N) is 1. The number of amides is 2. The Hall–Kier alpha value is -4.96. The lowest BCUT2D eigenvalue weighted by atomic mass is 9.93. The highest BCUT2D eigenvalue weighted by Gasteiger charge is 2.30. The molecule has 1 aromatic heterocycles. The number of carbonyl (C=O) groups is 3. The maximum Gasteiger partial charge on any atom is 0.341 e. The van der Waals surface area contributed by atoms with Gasteiger partial charge in [0, 0.05) is 23.9 Å². The zero-order valence-corrected chi connectivity index (χ0v) is 25.0. The molecule has 0 radical (unpaired) electrons. The molecular weight excluding hydrogens is 546 g/mol. The number of hydrogen-bond donors (Lipinski definition) is 3. The molecule has 0 saturated carbocycles. The molecule has 5 N–H and O–H groups in total. The van der Waals surface area contributed by atoms with E-state index in [1.807, 2.05) is 51.1 Å². The summed E-state index contributed by atoms with van der Waals surface area (Å²) in [5, 5.41) is 0. The lowest BCUT2D eigenvalue weighted by Crippen LogP contribution is -2.46. The van der Waals surface area contributed by atoms with Crippen molar-refractivity contribution in [3.05, 3.63) is 106 Å². The second-order valence-corrected chi connectivity index (χ2v) is 10.5. The SMILES string of the molecule is COC(=O)c1cc(CN(C(=O)C(N)Cc2c(C)cc(C(N)=O)cc2C)C(C)c2nc(-c3ccccc3)c[nH]2)ccc1OC. The van der Waals surface area contributed by atoms with Crippen molar-refractivity contribution < 1.29 is 23.9 Å². The number of imidazole rings is 1. The number of carbonyl (C=O) groups excluding carboxylic acids is 3. The average Bonchev–Trinajstić information content (AvgIpc) is 3.51. The third kappa shape index (κ3) is 6.92. The van der Waals surface area contributed by atoms with Crippen molar-refractivity contribution in [1.29, 1.82) is 0 Å². The summed E-state index contributed by atoms with van der Waals surface area (Å²) < 4.78 is 10.3. The third-order valence-electron chi connectivity index (χ3n) is 7.56. The first kappa shape index (κ1) is 31.0. The van der Waals surface area contributed by atoms with Crippen molar-refractivity contribution in [2.24, 2.45) is 11.5 Å². The number of methoxy groups -OCH3 is 2. The van der Waals surface area contributed by atoms with E-state index in [1.165, 1.54) is 14.2 Å². The van der Waals surface area contributed by atoms with E-state index in [2.05, 4.69) is 4.98 Å². The standard InChI is InChI=1S/C33H37N5O5/c1-19-13-24(30(35)39)14-20(2)25(19)16-27(34)32(40)38(18-22-11-12-29(42-4)26(15-22)33(41)43-5)21(3)31-36-17-28(37-31)23-9-7-6-8-10-23/h6-15,17,21,27H,16,18,34H2,1-5H3,(H2,35,39)(H,36,37). The van der Waals surface area contributed by atoms with E-state index in [4.69, 9.17) is 25.9 Å². The molecule has 224 valence electrons. The number of primary amides is 1. The Morgan fingerprint density at radius 1 is 1.00 bits per heavy atom. The predicted octanol–water partition coefficient (Wildman–Crippen LogP) is 4.25. The molecular formula is C33H37N5O5. The van der Waals surface area contributed by atoms with E-state index in [-0.39, 0.29) is 24.4 Å². The van der Waals surface area contributed by atoms with Gasteiger partial charge in [0.05, 0.1) is 32.0 Å². The van der Waals surface area contributed by atoms with Crippen molar-refractivity contribution in [2.75, 3.05) is 14.2 Å². The zero-order chi connectivity index (χ0) is 31.3. The minimum absolute atomic E-state index is 0.141. The minimum Gasteiger partial charge on any atom is -0.496 e. The number of aromatic amines is 1. The minimum atomic E-state index is -0.902. The number of ether oxygens (including phenoxy) is 2.